The van der Waals surface area contributed by atoms with Crippen molar-refractivity contribution < 1.29 is 24.1 Å². The molecule has 1 aliphatic rings. The predicted molar refractivity (Wildman–Crippen MR) is 121 cm³/mol. The lowest BCUT2D eigenvalue weighted by Gasteiger charge is -2.08. The van der Waals surface area contributed by atoms with Crippen LogP contribution in [-0.2, 0) is 20.1 Å². The van der Waals surface area contributed by atoms with E-state index in [9.17, 15) is 4.79 Å². The number of carbonyl (C=O) groups is 1. The molecule has 4 aromatic rings. The molecule has 1 N–H and O–H groups in total. The summed E-state index contributed by atoms with van der Waals surface area (Å²) < 4.78 is 19.3. The van der Waals surface area contributed by atoms with E-state index >= 15 is 0 Å². The van der Waals surface area contributed by atoms with E-state index in [1.165, 1.54) is 12.1 Å². The Morgan fingerprint density at radius 2 is 1.91 bits per heavy atom. The number of aromatic carboxylic acids is 1. The van der Waals surface area contributed by atoms with E-state index in [0.29, 0.717) is 12.4 Å². The molecule has 0 unspecified atom stereocenters. The van der Waals surface area contributed by atoms with Crippen molar-refractivity contribution >= 4 is 29.4 Å². The van der Waals surface area contributed by atoms with Gasteiger partial charge in [0.25, 0.3) is 0 Å². The van der Waals surface area contributed by atoms with E-state index in [1.54, 1.807) is 12.1 Å². The van der Waals surface area contributed by atoms with Crippen LogP contribution in [0.1, 0.15) is 21.7 Å². The molecule has 2 heterocycles. The van der Waals surface area contributed by atoms with Crippen molar-refractivity contribution in [3.05, 3.63) is 77.6 Å². The second-order valence-corrected chi connectivity index (χ2v) is 7.33. The predicted octanol–water partition coefficient (Wildman–Crippen LogP) is 5.00. The van der Waals surface area contributed by atoms with E-state index in [1.807, 2.05) is 48.0 Å². The van der Waals surface area contributed by atoms with Crippen molar-refractivity contribution in [1.29, 1.82) is 0 Å². The van der Waals surface area contributed by atoms with E-state index in [0.717, 1.165) is 46.1 Å². The highest BCUT2D eigenvalue weighted by atomic mass is 35.5. The molecule has 164 valence electrons. The van der Waals surface area contributed by atoms with Crippen LogP contribution in [0.3, 0.4) is 0 Å². The number of fused-ring (bicyclic) bond motifs is 2. The highest BCUT2D eigenvalue weighted by Crippen LogP contribution is 2.32. The topological polar surface area (TPSA) is 82.8 Å². The second kappa shape index (κ2) is 8.80. The van der Waals surface area contributed by atoms with Crippen molar-refractivity contribution in [1.82, 2.24) is 9.55 Å². The second-order valence-electron chi connectivity index (χ2n) is 7.33. The minimum Gasteiger partial charge on any atom is -0.493 e. The molecule has 1 aliphatic heterocycles. The van der Waals surface area contributed by atoms with Crippen molar-refractivity contribution in [3.8, 4) is 23.0 Å². The summed E-state index contributed by atoms with van der Waals surface area (Å²) in [6.07, 6.45) is 0.895. The number of carboxylic acids is 1. The molecule has 1 aromatic heterocycles. The third-order valence-corrected chi connectivity index (χ3v) is 5.29. The number of rotatable bonds is 6. The number of benzene rings is 3. The van der Waals surface area contributed by atoms with Gasteiger partial charge in [-0.3, -0.25) is 0 Å². The summed E-state index contributed by atoms with van der Waals surface area (Å²) in [5.41, 5.74) is 3.09. The molecule has 5 rings (SSSR count). The van der Waals surface area contributed by atoms with Crippen LogP contribution in [0.25, 0.3) is 11.0 Å². The molecule has 0 atom stereocenters. The third kappa shape index (κ3) is 4.20. The first-order valence-electron chi connectivity index (χ1n) is 9.92. The zero-order valence-corrected chi connectivity index (χ0v) is 18.1. The van der Waals surface area contributed by atoms with Gasteiger partial charge in [0.2, 0.25) is 0 Å². The summed E-state index contributed by atoms with van der Waals surface area (Å²) >= 11 is 0. The van der Waals surface area contributed by atoms with Crippen LogP contribution >= 0.6 is 12.4 Å². The number of halogens is 1. The molecule has 0 amide bonds. The average Bonchev–Trinajstić information content (AvgIpc) is 3.36. The molecule has 0 aliphatic carbocycles. The van der Waals surface area contributed by atoms with Gasteiger partial charge in [0.1, 0.15) is 35.4 Å². The van der Waals surface area contributed by atoms with E-state index in [4.69, 9.17) is 19.3 Å². The molecule has 0 saturated heterocycles. The third-order valence-electron chi connectivity index (χ3n) is 5.29. The van der Waals surface area contributed by atoms with Gasteiger partial charge in [-0.25, -0.2) is 9.78 Å². The van der Waals surface area contributed by atoms with Crippen molar-refractivity contribution in [2.75, 3.05) is 6.61 Å². The van der Waals surface area contributed by atoms with Gasteiger partial charge in [-0.15, -0.1) is 12.4 Å². The lowest BCUT2D eigenvalue weighted by molar-refractivity contribution is 0.0696. The first kappa shape index (κ1) is 21.5. The molecule has 0 bridgehead atoms. The van der Waals surface area contributed by atoms with Crippen molar-refractivity contribution in [2.45, 2.75) is 13.0 Å². The van der Waals surface area contributed by atoms with Crippen molar-refractivity contribution in [2.24, 2.45) is 7.05 Å². The van der Waals surface area contributed by atoms with Crippen LogP contribution in [0.15, 0.2) is 60.7 Å². The Kier molecular flexibility index (Phi) is 5.92. The first-order valence-corrected chi connectivity index (χ1v) is 9.92. The van der Waals surface area contributed by atoms with Crippen LogP contribution in [0.5, 0.6) is 23.0 Å². The SMILES string of the molecule is Cl.Cn1c(COc2cccc(C(=O)O)c2)nc2ccc(Oc3ccc4c(c3)CCO4)cc21. The van der Waals surface area contributed by atoms with Crippen LogP contribution in [-0.4, -0.2) is 27.2 Å². The van der Waals surface area contributed by atoms with Crippen molar-refractivity contribution in [3.63, 3.8) is 0 Å². The summed E-state index contributed by atoms with van der Waals surface area (Å²) in [5, 5.41) is 9.12. The Balaban J connectivity index is 0.00000245. The normalized spacial score (nSPS) is 12.0. The van der Waals surface area contributed by atoms with Gasteiger partial charge in [-0.1, -0.05) is 6.07 Å². The number of hydrogen-bond donors (Lipinski definition) is 1. The molecule has 0 fully saturated rings. The number of aromatic nitrogens is 2. The number of carboxylic acid groups (broad SMARTS) is 1. The van der Waals surface area contributed by atoms with Gasteiger partial charge < -0.3 is 23.9 Å². The largest absolute Gasteiger partial charge is 0.493 e. The molecular formula is C24H21ClN2O5. The summed E-state index contributed by atoms with van der Waals surface area (Å²) in [4.78, 5) is 15.8. The fourth-order valence-electron chi connectivity index (χ4n) is 3.64. The highest BCUT2D eigenvalue weighted by molar-refractivity contribution is 5.88. The summed E-state index contributed by atoms with van der Waals surface area (Å²) in [5.74, 6) is 2.63. The summed E-state index contributed by atoms with van der Waals surface area (Å²) in [6.45, 7) is 0.931. The fourth-order valence-corrected chi connectivity index (χ4v) is 3.64. The molecule has 3 aromatic carbocycles. The van der Waals surface area contributed by atoms with Gasteiger partial charge in [0.15, 0.2) is 0 Å². The standard InChI is InChI=1S/C24H20N2O5.ClH/c1-26-21-13-19(31-18-6-8-22-15(11-18)9-10-29-22)5-7-20(21)25-23(26)14-30-17-4-2-3-16(12-17)24(27)28;/h2-8,11-13H,9-10,14H2,1H3,(H,27,28);1H. The van der Waals surface area contributed by atoms with Crippen LogP contribution in [0.4, 0.5) is 0 Å². The summed E-state index contributed by atoms with van der Waals surface area (Å²) in [7, 11) is 1.91. The molecule has 0 saturated carbocycles. The van der Waals surface area contributed by atoms with Crippen LogP contribution in [0, 0.1) is 0 Å². The lowest BCUT2D eigenvalue weighted by atomic mass is 10.1. The first-order chi connectivity index (χ1) is 15.1. The lowest BCUT2D eigenvalue weighted by Crippen LogP contribution is -2.04. The van der Waals surface area contributed by atoms with Crippen LogP contribution < -0.4 is 14.2 Å². The smallest absolute Gasteiger partial charge is 0.335 e. The van der Waals surface area contributed by atoms with Crippen LogP contribution in [0.2, 0.25) is 0 Å². The number of imidazole rings is 1. The monoisotopic (exact) mass is 452 g/mol. The number of nitrogens with zero attached hydrogens (tertiary/aromatic N) is 2. The zero-order valence-electron chi connectivity index (χ0n) is 17.3. The number of ether oxygens (including phenoxy) is 3. The molecule has 7 nitrogen and oxygen atoms in total. The minimum absolute atomic E-state index is 0. The van der Waals surface area contributed by atoms with E-state index in [2.05, 4.69) is 4.98 Å². The molecule has 32 heavy (non-hydrogen) atoms. The van der Waals surface area contributed by atoms with Gasteiger partial charge in [-0.05, 0) is 48.5 Å². The summed E-state index contributed by atoms with van der Waals surface area (Å²) in [6, 6.07) is 18.0. The minimum atomic E-state index is -0.989. The quantitative estimate of drug-likeness (QED) is 0.443. The van der Waals surface area contributed by atoms with Gasteiger partial charge in [-0.2, -0.15) is 0 Å². The molecule has 8 heteroatoms. The fraction of sp³-hybridized carbons (Fsp3) is 0.167. The van der Waals surface area contributed by atoms with E-state index < -0.39 is 5.97 Å². The van der Waals surface area contributed by atoms with Gasteiger partial charge in [0.05, 0.1) is 23.2 Å². The average molecular weight is 453 g/mol. The Hall–Kier alpha value is -3.71. The molecule has 0 radical (unpaired) electrons. The molecule has 0 spiro atoms. The highest BCUT2D eigenvalue weighted by Gasteiger charge is 2.14. The molecular weight excluding hydrogens is 432 g/mol. The number of hydrogen-bond acceptors (Lipinski definition) is 5. The number of aryl methyl sites for hydroxylation is 1. The Bertz CT molecular complexity index is 1300. The van der Waals surface area contributed by atoms with E-state index in [-0.39, 0.29) is 24.6 Å². The zero-order chi connectivity index (χ0) is 21.4. The Morgan fingerprint density at radius 1 is 1.09 bits per heavy atom. The maximum absolute atomic E-state index is 11.1. The van der Waals surface area contributed by atoms with Gasteiger partial charge >= 0.3 is 5.97 Å². The van der Waals surface area contributed by atoms with Gasteiger partial charge in [0, 0.05) is 25.1 Å². The Morgan fingerprint density at radius 3 is 2.75 bits per heavy atom. The maximum atomic E-state index is 11.1. The Labute approximate surface area is 190 Å². The maximum Gasteiger partial charge on any atom is 0.335 e.